The van der Waals surface area contributed by atoms with Crippen LogP contribution in [-0.2, 0) is 9.47 Å². The van der Waals surface area contributed by atoms with Crippen molar-refractivity contribution in [1.82, 2.24) is 10.2 Å². The predicted molar refractivity (Wildman–Crippen MR) is 72.9 cm³/mol. The second-order valence-corrected chi connectivity index (χ2v) is 5.95. The maximum Gasteiger partial charge on any atom is 0.0613 e. The van der Waals surface area contributed by atoms with Crippen LogP contribution in [0.15, 0.2) is 0 Å². The number of nitrogens with one attached hydrogen (secondary N) is 1. The van der Waals surface area contributed by atoms with Gasteiger partial charge in [-0.3, -0.25) is 0 Å². The third-order valence-electron chi connectivity index (χ3n) is 4.41. The zero-order valence-electron chi connectivity index (χ0n) is 11.9. The van der Waals surface area contributed by atoms with Gasteiger partial charge in [-0.1, -0.05) is 0 Å². The molecule has 2 fully saturated rings. The van der Waals surface area contributed by atoms with Crippen molar-refractivity contribution >= 4 is 0 Å². The van der Waals surface area contributed by atoms with Crippen molar-refractivity contribution in [2.45, 2.75) is 32.2 Å². The average molecular weight is 256 g/mol. The first-order valence-corrected chi connectivity index (χ1v) is 7.26. The molecule has 106 valence electrons. The SMILES string of the molecule is COCC(C)NCCN1CCC2(CCOCC2)C1. The van der Waals surface area contributed by atoms with Gasteiger partial charge in [0.05, 0.1) is 6.61 Å². The highest BCUT2D eigenvalue weighted by Crippen LogP contribution is 2.39. The second-order valence-electron chi connectivity index (χ2n) is 5.95. The Morgan fingerprint density at radius 1 is 1.33 bits per heavy atom. The molecule has 0 radical (unpaired) electrons. The lowest BCUT2D eigenvalue weighted by molar-refractivity contribution is 0.0194. The van der Waals surface area contributed by atoms with Gasteiger partial charge in [0, 0.05) is 46.0 Å². The van der Waals surface area contributed by atoms with Gasteiger partial charge < -0.3 is 19.7 Å². The van der Waals surface area contributed by atoms with E-state index in [2.05, 4.69) is 17.1 Å². The molecular weight excluding hydrogens is 228 g/mol. The van der Waals surface area contributed by atoms with Crippen molar-refractivity contribution in [3.05, 3.63) is 0 Å². The van der Waals surface area contributed by atoms with E-state index in [1.165, 1.54) is 32.4 Å². The lowest BCUT2D eigenvalue weighted by Gasteiger charge is -2.33. The molecule has 4 heteroatoms. The van der Waals surface area contributed by atoms with Crippen LogP contribution in [0.3, 0.4) is 0 Å². The minimum atomic E-state index is 0.453. The number of nitrogens with zero attached hydrogens (tertiary/aromatic N) is 1. The summed E-state index contributed by atoms with van der Waals surface area (Å²) >= 11 is 0. The minimum Gasteiger partial charge on any atom is -0.383 e. The van der Waals surface area contributed by atoms with Gasteiger partial charge in [-0.15, -0.1) is 0 Å². The number of methoxy groups -OCH3 is 1. The summed E-state index contributed by atoms with van der Waals surface area (Å²) in [5.41, 5.74) is 0.580. The summed E-state index contributed by atoms with van der Waals surface area (Å²) in [5, 5.41) is 3.51. The Kier molecular flexibility index (Phi) is 5.42. The Balaban J connectivity index is 1.63. The van der Waals surface area contributed by atoms with Crippen LogP contribution in [0.25, 0.3) is 0 Å². The molecule has 0 aromatic rings. The number of hydrogen-bond donors (Lipinski definition) is 1. The quantitative estimate of drug-likeness (QED) is 0.772. The number of rotatable bonds is 6. The van der Waals surface area contributed by atoms with E-state index in [0.29, 0.717) is 11.5 Å². The third kappa shape index (κ3) is 3.92. The standard InChI is InChI=1S/C14H28N2O2/c1-13(11-17-2)15-6-8-16-7-3-14(12-16)4-9-18-10-5-14/h13,15H,3-12H2,1-2H3. The molecule has 18 heavy (non-hydrogen) atoms. The van der Waals surface area contributed by atoms with Gasteiger partial charge in [-0.25, -0.2) is 0 Å². The predicted octanol–water partition coefficient (Wildman–Crippen LogP) is 1.11. The monoisotopic (exact) mass is 256 g/mol. The number of ether oxygens (including phenoxy) is 2. The zero-order valence-corrected chi connectivity index (χ0v) is 11.9. The molecule has 1 atom stereocenters. The van der Waals surface area contributed by atoms with E-state index >= 15 is 0 Å². The first-order valence-electron chi connectivity index (χ1n) is 7.26. The lowest BCUT2D eigenvalue weighted by Crippen LogP contribution is -2.38. The van der Waals surface area contributed by atoms with Crippen LogP contribution in [0, 0.1) is 5.41 Å². The summed E-state index contributed by atoms with van der Waals surface area (Å²) in [6.45, 7) is 9.67. The van der Waals surface area contributed by atoms with Gasteiger partial charge in [0.25, 0.3) is 0 Å². The molecule has 0 amide bonds. The van der Waals surface area contributed by atoms with Crippen molar-refractivity contribution in [3.63, 3.8) is 0 Å². The van der Waals surface area contributed by atoms with E-state index in [1.54, 1.807) is 7.11 Å². The average Bonchev–Trinajstić information content (AvgIpc) is 2.74. The lowest BCUT2D eigenvalue weighted by atomic mass is 9.80. The smallest absolute Gasteiger partial charge is 0.0613 e. The van der Waals surface area contributed by atoms with Gasteiger partial charge in [0.2, 0.25) is 0 Å². The molecule has 1 unspecified atom stereocenters. The summed E-state index contributed by atoms with van der Waals surface area (Å²) in [6, 6.07) is 0.453. The van der Waals surface area contributed by atoms with E-state index in [0.717, 1.165) is 32.9 Å². The maximum absolute atomic E-state index is 5.49. The Morgan fingerprint density at radius 2 is 2.11 bits per heavy atom. The molecular formula is C14H28N2O2. The Labute approximate surface area is 111 Å². The Morgan fingerprint density at radius 3 is 2.83 bits per heavy atom. The zero-order chi connectivity index (χ0) is 12.8. The molecule has 1 spiro atoms. The highest BCUT2D eigenvalue weighted by atomic mass is 16.5. The molecule has 0 aromatic carbocycles. The second kappa shape index (κ2) is 6.85. The van der Waals surface area contributed by atoms with E-state index in [-0.39, 0.29) is 0 Å². The van der Waals surface area contributed by atoms with Crippen molar-refractivity contribution in [2.24, 2.45) is 5.41 Å². The Bertz CT molecular complexity index is 242. The fourth-order valence-corrected chi connectivity index (χ4v) is 3.21. The molecule has 2 heterocycles. The molecule has 0 aromatic heterocycles. The van der Waals surface area contributed by atoms with Crippen LogP contribution < -0.4 is 5.32 Å². The van der Waals surface area contributed by atoms with E-state index in [9.17, 15) is 0 Å². The van der Waals surface area contributed by atoms with Crippen LogP contribution in [0.5, 0.6) is 0 Å². The molecule has 2 aliphatic rings. The topological polar surface area (TPSA) is 33.7 Å². The highest BCUT2D eigenvalue weighted by Gasteiger charge is 2.38. The van der Waals surface area contributed by atoms with Gasteiger partial charge in [0.1, 0.15) is 0 Å². The normalized spacial score (nSPS) is 25.7. The molecule has 1 N–H and O–H groups in total. The summed E-state index contributed by atoms with van der Waals surface area (Å²) in [6.07, 6.45) is 3.89. The van der Waals surface area contributed by atoms with Gasteiger partial charge >= 0.3 is 0 Å². The van der Waals surface area contributed by atoms with Crippen LogP contribution in [0.1, 0.15) is 26.2 Å². The van der Waals surface area contributed by atoms with Crippen molar-refractivity contribution in [2.75, 3.05) is 53.1 Å². The van der Waals surface area contributed by atoms with Crippen LogP contribution in [0.4, 0.5) is 0 Å². The molecule has 2 aliphatic heterocycles. The van der Waals surface area contributed by atoms with Crippen molar-refractivity contribution in [1.29, 1.82) is 0 Å². The first kappa shape index (κ1) is 14.3. The molecule has 4 nitrogen and oxygen atoms in total. The summed E-state index contributed by atoms with van der Waals surface area (Å²) in [4.78, 5) is 2.61. The van der Waals surface area contributed by atoms with Crippen molar-refractivity contribution < 1.29 is 9.47 Å². The van der Waals surface area contributed by atoms with Gasteiger partial charge in [0.15, 0.2) is 0 Å². The molecule has 0 bridgehead atoms. The van der Waals surface area contributed by atoms with Crippen LogP contribution in [0.2, 0.25) is 0 Å². The van der Waals surface area contributed by atoms with Crippen LogP contribution >= 0.6 is 0 Å². The third-order valence-corrected chi connectivity index (χ3v) is 4.41. The summed E-state index contributed by atoms with van der Waals surface area (Å²) < 4.78 is 10.6. The van der Waals surface area contributed by atoms with Crippen LogP contribution in [-0.4, -0.2) is 64.1 Å². The Hall–Kier alpha value is -0.160. The molecule has 0 saturated carbocycles. The van der Waals surface area contributed by atoms with E-state index in [4.69, 9.17) is 9.47 Å². The minimum absolute atomic E-state index is 0.453. The van der Waals surface area contributed by atoms with E-state index in [1.807, 2.05) is 0 Å². The van der Waals surface area contributed by atoms with Gasteiger partial charge in [-0.2, -0.15) is 0 Å². The number of hydrogen-bond acceptors (Lipinski definition) is 4. The molecule has 0 aliphatic carbocycles. The summed E-state index contributed by atoms with van der Waals surface area (Å²) in [5.74, 6) is 0. The van der Waals surface area contributed by atoms with E-state index < -0.39 is 0 Å². The largest absolute Gasteiger partial charge is 0.383 e. The number of likely N-dealkylation sites (tertiary alicyclic amines) is 1. The summed E-state index contributed by atoms with van der Waals surface area (Å²) in [7, 11) is 1.76. The molecule has 2 rings (SSSR count). The fourth-order valence-electron chi connectivity index (χ4n) is 3.21. The first-order chi connectivity index (χ1) is 8.74. The highest BCUT2D eigenvalue weighted by molar-refractivity contribution is 4.91. The van der Waals surface area contributed by atoms with Gasteiger partial charge in [-0.05, 0) is 38.1 Å². The van der Waals surface area contributed by atoms with Crippen molar-refractivity contribution in [3.8, 4) is 0 Å². The molecule has 2 saturated heterocycles. The maximum atomic E-state index is 5.49. The fraction of sp³-hybridized carbons (Fsp3) is 1.00.